The second-order valence-corrected chi connectivity index (χ2v) is 5.34. The van der Waals surface area contributed by atoms with Gasteiger partial charge in [0.25, 0.3) is 0 Å². The fourth-order valence-electron chi connectivity index (χ4n) is 2.58. The summed E-state index contributed by atoms with van der Waals surface area (Å²) in [7, 11) is 0. The summed E-state index contributed by atoms with van der Waals surface area (Å²) >= 11 is 0. The van der Waals surface area contributed by atoms with Gasteiger partial charge in [-0.25, -0.2) is 0 Å². The van der Waals surface area contributed by atoms with Crippen molar-refractivity contribution in [3.05, 3.63) is 35.9 Å². The van der Waals surface area contributed by atoms with Crippen molar-refractivity contribution in [1.82, 2.24) is 10.6 Å². The van der Waals surface area contributed by atoms with E-state index in [9.17, 15) is 4.79 Å². The Labute approximate surface area is 115 Å². The van der Waals surface area contributed by atoms with E-state index < -0.39 is 0 Å². The minimum atomic E-state index is 0.196. The third kappa shape index (κ3) is 5.43. The molecule has 0 spiro atoms. The van der Waals surface area contributed by atoms with Crippen molar-refractivity contribution in [3.63, 3.8) is 0 Å². The van der Waals surface area contributed by atoms with Gasteiger partial charge in [0.2, 0.25) is 5.91 Å². The van der Waals surface area contributed by atoms with E-state index in [1.165, 1.54) is 18.4 Å². The molecule has 1 saturated heterocycles. The third-order valence-electron chi connectivity index (χ3n) is 3.76. The first-order valence-electron chi connectivity index (χ1n) is 7.36. The van der Waals surface area contributed by atoms with Crippen molar-refractivity contribution in [3.8, 4) is 0 Å². The van der Waals surface area contributed by atoms with Crippen LogP contribution in [0.2, 0.25) is 0 Å². The van der Waals surface area contributed by atoms with Crippen LogP contribution in [0.5, 0.6) is 0 Å². The number of piperidine rings is 1. The van der Waals surface area contributed by atoms with Gasteiger partial charge < -0.3 is 10.6 Å². The van der Waals surface area contributed by atoms with Crippen LogP contribution in [0.4, 0.5) is 0 Å². The van der Waals surface area contributed by atoms with E-state index in [0.717, 1.165) is 32.5 Å². The summed E-state index contributed by atoms with van der Waals surface area (Å²) in [6.45, 7) is 2.96. The molecule has 0 saturated carbocycles. The Hall–Kier alpha value is -1.35. The topological polar surface area (TPSA) is 41.1 Å². The molecule has 0 bridgehead atoms. The standard InChI is InChI=1S/C16H24N2O/c19-16(9-8-15-7-4-11-17-13-15)18-12-10-14-5-2-1-3-6-14/h1-3,5-6,15,17H,4,7-13H2,(H,18,19). The van der Waals surface area contributed by atoms with Gasteiger partial charge in [-0.15, -0.1) is 0 Å². The fraction of sp³-hybridized carbons (Fsp3) is 0.562. The highest BCUT2D eigenvalue weighted by Gasteiger charge is 2.14. The average Bonchev–Trinajstić information content (AvgIpc) is 2.47. The Kier molecular flexibility index (Phi) is 5.89. The van der Waals surface area contributed by atoms with E-state index in [2.05, 4.69) is 22.8 Å². The smallest absolute Gasteiger partial charge is 0.220 e. The van der Waals surface area contributed by atoms with Gasteiger partial charge in [0.15, 0.2) is 0 Å². The number of rotatable bonds is 6. The number of nitrogens with one attached hydrogen (secondary N) is 2. The van der Waals surface area contributed by atoms with Crippen molar-refractivity contribution >= 4 is 5.91 Å². The second-order valence-electron chi connectivity index (χ2n) is 5.34. The van der Waals surface area contributed by atoms with Crippen LogP contribution in [0, 0.1) is 5.92 Å². The SMILES string of the molecule is O=C(CCC1CCCNC1)NCCc1ccccc1. The highest BCUT2D eigenvalue weighted by molar-refractivity contribution is 5.75. The van der Waals surface area contributed by atoms with Crippen molar-refractivity contribution in [2.75, 3.05) is 19.6 Å². The Morgan fingerprint density at radius 1 is 1.32 bits per heavy atom. The lowest BCUT2D eigenvalue weighted by atomic mass is 9.94. The Morgan fingerprint density at radius 2 is 2.16 bits per heavy atom. The van der Waals surface area contributed by atoms with Gasteiger partial charge in [-0.1, -0.05) is 30.3 Å². The van der Waals surface area contributed by atoms with Crippen molar-refractivity contribution in [2.24, 2.45) is 5.92 Å². The van der Waals surface area contributed by atoms with Gasteiger partial charge >= 0.3 is 0 Å². The lowest BCUT2D eigenvalue weighted by molar-refractivity contribution is -0.121. The summed E-state index contributed by atoms with van der Waals surface area (Å²) < 4.78 is 0. The third-order valence-corrected chi connectivity index (χ3v) is 3.76. The summed E-state index contributed by atoms with van der Waals surface area (Å²) in [5.41, 5.74) is 1.28. The van der Waals surface area contributed by atoms with Crippen LogP contribution < -0.4 is 10.6 Å². The van der Waals surface area contributed by atoms with Crippen LogP contribution >= 0.6 is 0 Å². The Bertz CT molecular complexity index is 372. The molecule has 1 amide bonds. The first kappa shape index (κ1) is 14.1. The molecular formula is C16H24N2O. The molecule has 1 atom stereocenters. The van der Waals surface area contributed by atoms with Crippen LogP contribution in [0.25, 0.3) is 0 Å². The molecule has 1 fully saturated rings. The maximum atomic E-state index is 11.7. The van der Waals surface area contributed by atoms with Gasteiger partial charge in [0.05, 0.1) is 0 Å². The predicted octanol–water partition coefficient (Wildman–Crippen LogP) is 2.13. The van der Waals surface area contributed by atoms with Gasteiger partial charge in [-0.2, -0.15) is 0 Å². The zero-order valence-electron chi connectivity index (χ0n) is 11.5. The monoisotopic (exact) mass is 260 g/mol. The molecule has 1 aliphatic heterocycles. The normalized spacial score (nSPS) is 19.1. The number of carbonyl (C=O) groups is 1. The minimum Gasteiger partial charge on any atom is -0.356 e. The molecule has 2 rings (SSSR count). The van der Waals surface area contributed by atoms with Crippen molar-refractivity contribution < 1.29 is 4.79 Å². The Balaban J connectivity index is 1.57. The molecule has 19 heavy (non-hydrogen) atoms. The van der Waals surface area contributed by atoms with Gasteiger partial charge in [0.1, 0.15) is 0 Å². The molecule has 0 aromatic heterocycles. The van der Waals surface area contributed by atoms with E-state index in [1.54, 1.807) is 0 Å². The van der Waals surface area contributed by atoms with E-state index in [0.29, 0.717) is 12.3 Å². The molecule has 2 N–H and O–H groups in total. The lowest BCUT2D eigenvalue weighted by Crippen LogP contribution is -2.31. The number of hydrogen-bond donors (Lipinski definition) is 2. The highest BCUT2D eigenvalue weighted by atomic mass is 16.1. The van der Waals surface area contributed by atoms with Crippen LogP contribution in [-0.4, -0.2) is 25.5 Å². The van der Waals surface area contributed by atoms with Crippen molar-refractivity contribution in [2.45, 2.75) is 32.1 Å². The summed E-state index contributed by atoms with van der Waals surface area (Å²) in [4.78, 5) is 11.7. The second kappa shape index (κ2) is 7.95. The first-order chi connectivity index (χ1) is 9.34. The fourth-order valence-corrected chi connectivity index (χ4v) is 2.58. The van der Waals surface area contributed by atoms with Gasteiger partial charge in [-0.05, 0) is 50.3 Å². The summed E-state index contributed by atoms with van der Waals surface area (Å²) in [5.74, 6) is 0.884. The van der Waals surface area contributed by atoms with Gasteiger partial charge in [-0.3, -0.25) is 4.79 Å². The van der Waals surface area contributed by atoms with E-state index in [-0.39, 0.29) is 5.91 Å². The van der Waals surface area contributed by atoms with Crippen LogP contribution in [0.1, 0.15) is 31.2 Å². The minimum absolute atomic E-state index is 0.196. The number of carbonyl (C=O) groups excluding carboxylic acids is 1. The van der Waals surface area contributed by atoms with Crippen LogP contribution in [-0.2, 0) is 11.2 Å². The molecule has 0 aliphatic carbocycles. The first-order valence-corrected chi connectivity index (χ1v) is 7.36. The highest BCUT2D eigenvalue weighted by Crippen LogP contribution is 2.15. The molecule has 3 heteroatoms. The maximum absolute atomic E-state index is 11.7. The van der Waals surface area contributed by atoms with E-state index >= 15 is 0 Å². The molecule has 1 unspecified atom stereocenters. The number of hydrogen-bond acceptors (Lipinski definition) is 2. The largest absolute Gasteiger partial charge is 0.356 e. The summed E-state index contributed by atoms with van der Waals surface area (Å²) in [6.07, 6.45) is 5.12. The lowest BCUT2D eigenvalue weighted by Gasteiger charge is -2.22. The molecule has 1 aromatic carbocycles. The molecule has 0 radical (unpaired) electrons. The summed E-state index contributed by atoms with van der Waals surface area (Å²) in [5, 5.41) is 6.40. The quantitative estimate of drug-likeness (QED) is 0.822. The molecule has 3 nitrogen and oxygen atoms in total. The molecular weight excluding hydrogens is 236 g/mol. The molecule has 1 aliphatic rings. The zero-order valence-corrected chi connectivity index (χ0v) is 11.5. The van der Waals surface area contributed by atoms with Crippen LogP contribution in [0.3, 0.4) is 0 Å². The van der Waals surface area contributed by atoms with Crippen LogP contribution in [0.15, 0.2) is 30.3 Å². The predicted molar refractivity (Wildman–Crippen MR) is 78.0 cm³/mol. The summed E-state index contributed by atoms with van der Waals surface area (Å²) in [6, 6.07) is 10.3. The maximum Gasteiger partial charge on any atom is 0.220 e. The van der Waals surface area contributed by atoms with Crippen molar-refractivity contribution in [1.29, 1.82) is 0 Å². The number of benzene rings is 1. The molecule has 1 heterocycles. The van der Waals surface area contributed by atoms with E-state index in [4.69, 9.17) is 0 Å². The molecule has 1 aromatic rings. The Morgan fingerprint density at radius 3 is 2.89 bits per heavy atom. The zero-order chi connectivity index (χ0) is 13.3. The van der Waals surface area contributed by atoms with Gasteiger partial charge in [0, 0.05) is 13.0 Å². The molecule has 104 valence electrons. The average molecular weight is 260 g/mol. The van der Waals surface area contributed by atoms with E-state index in [1.807, 2.05) is 18.2 Å². The number of amides is 1.